The number of anilines is 1. The number of carbonyl (C=O) groups excluding carboxylic acids is 1. The Morgan fingerprint density at radius 1 is 1.00 bits per heavy atom. The predicted molar refractivity (Wildman–Crippen MR) is 120 cm³/mol. The molecule has 5 rings (SSSR count). The molecule has 29 heavy (non-hydrogen) atoms. The molecule has 0 spiro atoms. The van der Waals surface area contributed by atoms with Crippen LogP contribution in [0.25, 0.3) is 10.9 Å². The van der Waals surface area contributed by atoms with Crippen LogP contribution in [-0.4, -0.2) is 90.1 Å². The van der Waals surface area contributed by atoms with E-state index < -0.39 is 0 Å². The van der Waals surface area contributed by atoms with Gasteiger partial charge in [0.05, 0.1) is 11.6 Å². The Bertz CT molecular complexity index is 863. The first kappa shape index (κ1) is 19.2. The van der Waals surface area contributed by atoms with Crippen LogP contribution in [0.2, 0.25) is 0 Å². The second kappa shape index (κ2) is 8.50. The number of piperazine rings is 1. The predicted octanol–water partition coefficient (Wildman–Crippen LogP) is 1.66. The van der Waals surface area contributed by atoms with Crippen LogP contribution in [0, 0.1) is 0 Å². The molecule has 4 heterocycles. The SMILES string of the molecule is O=C([C@@H]1C[C@H](N2CCN(c3ccc4ccccc4n3)CC2)CN1)N1CCSCC1. The van der Waals surface area contributed by atoms with Crippen LogP contribution in [0.5, 0.6) is 0 Å². The molecular formula is C22H29N5OS. The number of hydrogen-bond donors (Lipinski definition) is 1. The number of rotatable bonds is 3. The molecule has 0 bridgehead atoms. The number of para-hydroxylation sites is 1. The zero-order chi connectivity index (χ0) is 19.6. The fraction of sp³-hybridized carbons (Fsp3) is 0.545. The third-order valence-electron chi connectivity index (χ3n) is 6.47. The molecule has 1 aromatic heterocycles. The number of hydrogen-bond acceptors (Lipinski definition) is 6. The molecule has 2 atom stereocenters. The zero-order valence-electron chi connectivity index (χ0n) is 16.8. The van der Waals surface area contributed by atoms with Crippen LogP contribution in [0.1, 0.15) is 6.42 Å². The van der Waals surface area contributed by atoms with Crippen LogP contribution in [0.4, 0.5) is 5.82 Å². The molecule has 3 aliphatic heterocycles. The Labute approximate surface area is 176 Å². The van der Waals surface area contributed by atoms with Crippen molar-refractivity contribution < 1.29 is 4.79 Å². The van der Waals surface area contributed by atoms with Crippen molar-refractivity contribution in [2.75, 3.05) is 62.2 Å². The maximum atomic E-state index is 12.8. The van der Waals surface area contributed by atoms with Gasteiger partial charge in [-0.15, -0.1) is 0 Å². The van der Waals surface area contributed by atoms with Crippen LogP contribution >= 0.6 is 11.8 Å². The van der Waals surface area contributed by atoms with Crippen molar-refractivity contribution in [2.24, 2.45) is 0 Å². The molecule has 3 fully saturated rings. The summed E-state index contributed by atoms with van der Waals surface area (Å²) in [5.41, 5.74) is 1.06. The minimum atomic E-state index is 0.00304. The van der Waals surface area contributed by atoms with Gasteiger partial charge in [-0.1, -0.05) is 18.2 Å². The van der Waals surface area contributed by atoms with Crippen molar-refractivity contribution in [3.8, 4) is 0 Å². The summed E-state index contributed by atoms with van der Waals surface area (Å²) in [7, 11) is 0. The maximum Gasteiger partial charge on any atom is 0.239 e. The molecule has 0 aliphatic carbocycles. The highest BCUT2D eigenvalue weighted by atomic mass is 32.2. The van der Waals surface area contributed by atoms with Gasteiger partial charge < -0.3 is 15.1 Å². The van der Waals surface area contributed by atoms with Gasteiger partial charge in [-0.2, -0.15) is 11.8 Å². The maximum absolute atomic E-state index is 12.8. The normalized spacial score (nSPS) is 26.2. The Kier molecular flexibility index (Phi) is 5.61. The van der Waals surface area contributed by atoms with E-state index in [1.807, 2.05) is 17.8 Å². The van der Waals surface area contributed by atoms with Gasteiger partial charge in [0.25, 0.3) is 0 Å². The van der Waals surface area contributed by atoms with E-state index >= 15 is 0 Å². The minimum Gasteiger partial charge on any atom is -0.354 e. The topological polar surface area (TPSA) is 51.7 Å². The van der Waals surface area contributed by atoms with Crippen LogP contribution in [0.3, 0.4) is 0 Å². The summed E-state index contributed by atoms with van der Waals surface area (Å²) in [5, 5.41) is 4.69. The first-order valence-corrected chi connectivity index (χ1v) is 11.9. The number of thioether (sulfide) groups is 1. The van der Waals surface area contributed by atoms with E-state index in [0.717, 1.165) is 75.1 Å². The second-order valence-electron chi connectivity index (χ2n) is 8.17. The third-order valence-corrected chi connectivity index (χ3v) is 7.41. The number of aromatic nitrogens is 1. The minimum absolute atomic E-state index is 0.00304. The average Bonchev–Trinajstić information content (AvgIpc) is 3.29. The monoisotopic (exact) mass is 411 g/mol. The van der Waals surface area contributed by atoms with E-state index in [2.05, 4.69) is 50.3 Å². The Morgan fingerprint density at radius 2 is 1.79 bits per heavy atom. The van der Waals surface area contributed by atoms with E-state index in [0.29, 0.717) is 11.9 Å². The van der Waals surface area contributed by atoms with Crippen LogP contribution in [-0.2, 0) is 4.79 Å². The van der Waals surface area contributed by atoms with Gasteiger partial charge in [0.15, 0.2) is 0 Å². The summed E-state index contributed by atoms with van der Waals surface area (Å²) in [6, 6.07) is 13.1. The van der Waals surface area contributed by atoms with Gasteiger partial charge in [0.1, 0.15) is 5.82 Å². The lowest BCUT2D eigenvalue weighted by molar-refractivity contribution is -0.132. The number of nitrogens with zero attached hydrogens (tertiary/aromatic N) is 4. The zero-order valence-corrected chi connectivity index (χ0v) is 17.6. The molecule has 1 N–H and O–H groups in total. The molecule has 2 aromatic rings. The van der Waals surface area contributed by atoms with Gasteiger partial charge in [-0.25, -0.2) is 4.98 Å². The van der Waals surface area contributed by atoms with E-state index in [1.54, 1.807) is 0 Å². The lowest BCUT2D eigenvalue weighted by atomic mass is 10.1. The number of carbonyl (C=O) groups is 1. The average molecular weight is 412 g/mol. The van der Waals surface area contributed by atoms with Gasteiger partial charge in [0.2, 0.25) is 5.91 Å². The van der Waals surface area contributed by atoms with Crippen molar-refractivity contribution in [1.29, 1.82) is 0 Å². The third kappa shape index (κ3) is 4.09. The number of amides is 1. The first-order valence-electron chi connectivity index (χ1n) is 10.7. The van der Waals surface area contributed by atoms with Crippen molar-refractivity contribution in [1.82, 2.24) is 20.1 Å². The molecule has 3 saturated heterocycles. The van der Waals surface area contributed by atoms with E-state index in [4.69, 9.17) is 4.98 Å². The number of nitrogens with one attached hydrogen (secondary N) is 1. The lowest BCUT2D eigenvalue weighted by Gasteiger charge is -2.38. The molecule has 154 valence electrons. The summed E-state index contributed by atoms with van der Waals surface area (Å²) in [4.78, 5) is 24.6. The summed E-state index contributed by atoms with van der Waals surface area (Å²) >= 11 is 1.95. The van der Waals surface area contributed by atoms with Crippen molar-refractivity contribution in [3.05, 3.63) is 36.4 Å². The summed E-state index contributed by atoms with van der Waals surface area (Å²) < 4.78 is 0. The standard InChI is InChI=1S/C22H29N5OS/c28-22(27-11-13-29-14-12-27)20-15-18(16-23-20)25-7-9-26(10-8-25)21-6-5-17-3-1-2-4-19(17)24-21/h1-6,18,20,23H,7-16H2/t18-,20-/m0/s1. The largest absolute Gasteiger partial charge is 0.354 e. The van der Waals surface area contributed by atoms with Crippen molar-refractivity contribution in [3.63, 3.8) is 0 Å². The Hall–Kier alpha value is -1.83. The summed E-state index contributed by atoms with van der Waals surface area (Å²) in [5.74, 6) is 3.54. The molecule has 3 aliphatic rings. The van der Waals surface area contributed by atoms with Crippen LogP contribution < -0.4 is 10.2 Å². The van der Waals surface area contributed by atoms with Crippen LogP contribution in [0.15, 0.2) is 36.4 Å². The highest BCUT2D eigenvalue weighted by Crippen LogP contribution is 2.22. The van der Waals surface area contributed by atoms with Gasteiger partial charge in [0, 0.05) is 68.7 Å². The molecule has 1 amide bonds. The number of pyridine rings is 1. The highest BCUT2D eigenvalue weighted by Gasteiger charge is 2.36. The second-order valence-corrected chi connectivity index (χ2v) is 9.40. The molecular weight excluding hydrogens is 382 g/mol. The molecule has 0 saturated carbocycles. The first-order chi connectivity index (χ1) is 14.3. The summed E-state index contributed by atoms with van der Waals surface area (Å²) in [6.45, 7) is 6.78. The lowest BCUT2D eigenvalue weighted by Crippen LogP contribution is -2.51. The van der Waals surface area contributed by atoms with E-state index in [9.17, 15) is 4.79 Å². The molecule has 1 aromatic carbocycles. The van der Waals surface area contributed by atoms with E-state index in [1.165, 1.54) is 5.39 Å². The number of benzene rings is 1. The van der Waals surface area contributed by atoms with Crippen molar-refractivity contribution >= 4 is 34.4 Å². The Morgan fingerprint density at radius 3 is 2.62 bits per heavy atom. The smallest absolute Gasteiger partial charge is 0.239 e. The molecule has 6 nitrogen and oxygen atoms in total. The fourth-order valence-corrected chi connectivity index (χ4v) is 5.64. The van der Waals surface area contributed by atoms with Gasteiger partial charge in [-0.3, -0.25) is 9.69 Å². The van der Waals surface area contributed by atoms with E-state index in [-0.39, 0.29) is 6.04 Å². The molecule has 7 heteroatoms. The number of fused-ring (bicyclic) bond motifs is 1. The van der Waals surface area contributed by atoms with Gasteiger partial charge in [-0.05, 0) is 24.6 Å². The Balaban J connectivity index is 1.16. The molecule has 0 radical (unpaired) electrons. The quantitative estimate of drug-likeness (QED) is 0.829. The highest BCUT2D eigenvalue weighted by molar-refractivity contribution is 7.99. The molecule has 0 unspecified atom stereocenters. The van der Waals surface area contributed by atoms with Gasteiger partial charge >= 0.3 is 0 Å². The van der Waals surface area contributed by atoms with Crippen molar-refractivity contribution in [2.45, 2.75) is 18.5 Å². The fourth-order valence-electron chi connectivity index (χ4n) is 4.74. The summed E-state index contributed by atoms with van der Waals surface area (Å²) in [6.07, 6.45) is 0.941.